The zero-order chi connectivity index (χ0) is 12.7. The zero-order valence-corrected chi connectivity index (χ0v) is 10.2. The summed E-state index contributed by atoms with van der Waals surface area (Å²) in [6.45, 7) is 3.80. The highest BCUT2D eigenvalue weighted by atomic mass is 14.8. The summed E-state index contributed by atoms with van der Waals surface area (Å²) in [5.41, 5.74) is 16.7. The zero-order valence-electron chi connectivity index (χ0n) is 10.2. The van der Waals surface area contributed by atoms with E-state index in [1.165, 1.54) is 16.3 Å². The van der Waals surface area contributed by atoms with Crippen molar-refractivity contribution >= 4 is 16.3 Å². The van der Waals surface area contributed by atoms with Crippen LogP contribution < -0.4 is 11.5 Å². The number of hydrogen-bond acceptors (Lipinski definition) is 2. The molecule has 3 rings (SSSR count). The molecule has 2 nitrogen and oxygen atoms in total. The van der Waals surface area contributed by atoms with Crippen LogP contribution in [0.25, 0.3) is 16.3 Å². The SMILES string of the molecule is C=CCC1=C(N)C(N)c2cccc3cccc1c23. The highest BCUT2D eigenvalue weighted by Crippen LogP contribution is 2.40. The highest BCUT2D eigenvalue weighted by molar-refractivity contribution is 5.99. The molecular formula is C16H16N2. The molecule has 0 spiro atoms. The van der Waals surface area contributed by atoms with Crippen LogP contribution in [-0.4, -0.2) is 0 Å². The highest BCUT2D eigenvalue weighted by Gasteiger charge is 2.24. The standard InChI is InChI=1S/C16H16N2/c1-2-5-12-11-8-3-6-10-7-4-9-13(14(10)11)16(18)15(12)17/h2-4,6-9,16H,1,5,17-18H2. The smallest absolute Gasteiger partial charge is 0.0708 e. The Morgan fingerprint density at radius 1 is 1.17 bits per heavy atom. The molecule has 0 fully saturated rings. The third kappa shape index (κ3) is 1.39. The summed E-state index contributed by atoms with van der Waals surface area (Å²) < 4.78 is 0. The van der Waals surface area contributed by atoms with Gasteiger partial charge in [-0.15, -0.1) is 6.58 Å². The summed E-state index contributed by atoms with van der Waals surface area (Å²) in [5.74, 6) is 0. The molecule has 4 N–H and O–H groups in total. The van der Waals surface area contributed by atoms with Crippen molar-refractivity contribution in [2.45, 2.75) is 12.5 Å². The minimum absolute atomic E-state index is 0.210. The molecule has 2 aromatic carbocycles. The van der Waals surface area contributed by atoms with Crippen molar-refractivity contribution in [2.75, 3.05) is 0 Å². The van der Waals surface area contributed by atoms with Gasteiger partial charge in [-0.1, -0.05) is 42.5 Å². The number of nitrogens with two attached hydrogens (primary N) is 2. The Morgan fingerprint density at radius 2 is 1.89 bits per heavy atom. The molecule has 2 aromatic rings. The van der Waals surface area contributed by atoms with Crippen molar-refractivity contribution in [3.8, 4) is 0 Å². The van der Waals surface area contributed by atoms with Gasteiger partial charge in [0.15, 0.2) is 0 Å². The molecule has 0 amide bonds. The first-order valence-electron chi connectivity index (χ1n) is 6.11. The fourth-order valence-corrected chi connectivity index (χ4v) is 2.76. The second-order valence-corrected chi connectivity index (χ2v) is 4.66. The van der Waals surface area contributed by atoms with E-state index in [0.29, 0.717) is 0 Å². The molecule has 0 radical (unpaired) electrons. The van der Waals surface area contributed by atoms with Crippen LogP contribution in [-0.2, 0) is 0 Å². The lowest BCUT2D eigenvalue weighted by molar-refractivity contribution is 0.832. The van der Waals surface area contributed by atoms with Gasteiger partial charge in [0.25, 0.3) is 0 Å². The Labute approximate surface area is 107 Å². The summed E-state index contributed by atoms with van der Waals surface area (Å²) in [6, 6.07) is 12.3. The number of allylic oxidation sites excluding steroid dienone is 2. The first-order valence-corrected chi connectivity index (χ1v) is 6.11. The molecule has 1 unspecified atom stereocenters. The number of hydrogen-bond donors (Lipinski definition) is 2. The van der Waals surface area contributed by atoms with Gasteiger partial charge >= 0.3 is 0 Å². The second-order valence-electron chi connectivity index (χ2n) is 4.66. The van der Waals surface area contributed by atoms with E-state index in [0.717, 1.165) is 23.3 Å². The monoisotopic (exact) mass is 236 g/mol. The Morgan fingerprint density at radius 3 is 2.61 bits per heavy atom. The minimum atomic E-state index is -0.210. The van der Waals surface area contributed by atoms with Crippen molar-refractivity contribution in [3.05, 3.63) is 65.9 Å². The molecule has 0 heterocycles. The number of rotatable bonds is 2. The molecule has 2 heteroatoms. The first kappa shape index (κ1) is 11.1. The molecule has 0 aliphatic heterocycles. The van der Waals surface area contributed by atoms with Crippen molar-refractivity contribution in [3.63, 3.8) is 0 Å². The molecule has 18 heavy (non-hydrogen) atoms. The van der Waals surface area contributed by atoms with Gasteiger partial charge in [-0.3, -0.25) is 0 Å². The molecule has 1 aliphatic rings. The largest absolute Gasteiger partial charge is 0.400 e. The average Bonchev–Trinajstić information content (AvgIpc) is 2.41. The van der Waals surface area contributed by atoms with E-state index in [4.69, 9.17) is 11.5 Å². The van der Waals surface area contributed by atoms with E-state index < -0.39 is 0 Å². The summed E-state index contributed by atoms with van der Waals surface area (Å²) in [6.07, 6.45) is 2.63. The Hall–Kier alpha value is -2.06. The molecule has 0 aromatic heterocycles. The van der Waals surface area contributed by atoms with Crippen LogP contribution in [0.2, 0.25) is 0 Å². The van der Waals surface area contributed by atoms with Gasteiger partial charge in [0.05, 0.1) is 6.04 Å². The normalized spacial score (nSPS) is 18.2. The third-order valence-electron chi connectivity index (χ3n) is 3.63. The quantitative estimate of drug-likeness (QED) is 0.787. The van der Waals surface area contributed by atoms with Crippen LogP contribution in [0.5, 0.6) is 0 Å². The van der Waals surface area contributed by atoms with E-state index >= 15 is 0 Å². The topological polar surface area (TPSA) is 52.0 Å². The Bertz CT molecular complexity index is 663. The summed E-state index contributed by atoms with van der Waals surface area (Å²) >= 11 is 0. The molecule has 1 aliphatic carbocycles. The Balaban J connectivity index is 2.41. The van der Waals surface area contributed by atoms with Crippen LogP contribution in [0, 0.1) is 0 Å². The number of benzene rings is 2. The maximum Gasteiger partial charge on any atom is 0.0708 e. The molecule has 0 saturated carbocycles. The van der Waals surface area contributed by atoms with Gasteiger partial charge < -0.3 is 11.5 Å². The van der Waals surface area contributed by atoms with Crippen LogP contribution in [0.15, 0.2) is 54.8 Å². The maximum absolute atomic E-state index is 6.25. The van der Waals surface area contributed by atoms with E-state index in [2.05, 4.69) is 36.9 Å². The van der Waals surface area contributed by atoms with Gasteiger partial charge in [0, 0.05) is 5.70 Å². The maximum atomic E-state index is 6.25. The third-order valence-corrected chi connectivity index (χ3v) is 3.63. The molecule has 0 saturated heterocycles. The van der Waals surface area contributed by atoms with Crippen molar-refractivity contribution < 1.29 is 0 Å². The van der Waals surface area contributed by atoms with Crippen LogP contribution >= 0.6 is 0 Å². The molecule has 90 valence electrons. The van der Waals surface area contributed by atoms with Crippen molar-refractivity contribution in [1.29, 1.82) is 0 Å². The lowest BCUT2D eigenvalue weighted by atomic mass is 9.83. The van der Waals surface area contributed by atoms with Gasteiger partial charge in [-0.25, -0.2) is 0 Å². The van der Waals surface area contributed by atoms with Gasteiger partial charge in [-0.2, -0.15) is 0 Å². The van der Waals surface area contributed by atoms with Crippen LogP contribution in [0.1, 0.15) is 23.6 Å². The lowest BCUT2D eigenvalue weighted by Gasteiger charge is -2.26. The van der Waals surface area contributed by atoms with Gasteiger partial charge in [0.2, 0.25) is 0 Å². The molecule has 1 atom stereocenters. The van der Waals surface area contributed by atoms with Crippen molar-refractivity contribution in [1.82, 2.24) is 0 Å². The summed E-state index contributed by atoms with van der Waals surface area (Å²) in [4.78, 5) is 0. The predicted octanol–water partition coefficient (Wildman–Crippen LogP) is 3.10. The van der Waals surface area contributed by atoms with Crippen molar-refractivity contribution in [2.24, 2.45) is 11.5 Å². The second kappa shape index (κ2) is 4.00. The minimum Gasteiger partial charge on any atom is -0.400 e. The fraction of sp³-hybridized carbons (Fsp3) is 0.125. The van der Waals surface area contributed by atoms with E-state index in [9.17, 15) is 0 Å². The van der Waals surface area contributed by atoms with Crippen LogP contribution in [0.4, 0.5) is 0 Å². The lowest BCUT2D eigenvalue weighted by Crippen LogP contribution is -2.23. The van der Waals surface area contributed by atoms with E-state index in [1.807, 2.05) is 12.1 Å². The first-order chi connectivity index (χ1) is 8.74. The predicted molar refractivity (Wildman–Crippen MR) is 76.8 cm³/mol. The van der Waals surface area contributed by atoms with Crippen LogP contribution in [0.3, 0.4) is 0 Å². The summed E-state index contributed by atoms with van der Waals surface area (Å²) in [5, 5.41) is 2.45. The molecule has 0 bridgehead atoms. The average molecular weight is 236 g/mol. The fourth-order valence-electron chi connectivity index (χ4n) is 2.76. The van der Waals surface area contributed by atoms with Gasteiger partial charge in [-0.05, 0) is 33.9 Å². The van der Waals surface area contributed by atoms with E-state index in [-0.39, 0.29) is 6.04 Å². The Kier molecular flexibility index (Phi) is 2.46. The molecular weight excluding hydrogens is 220 g/mol. The van der Waals surface area contributed by atoms with Gasteiger partial charge in [0.1, 0.15) is 0 Å². The van der Waals surface area contributed by atoms with E-state index in [1.54, 1.807) is 0 Å². The summed E-state index contributed by atoms with van der Waals surface area (Å²) in [7, 11) is 0.